The molecule has 1 rings (SSSR count). The van der Waals surface area contributed by atoms with Crippen LogP contribution in [0.2, 0.25) is 0 Å². The largest absolute Gasteiger partial charge is 0.316 e. The lowest BCUT2D eigenvalue weighted by Gasteiger charge is -2.18. The number of aromatic nitrogens is 1. The Labute approximate surface area is 103 Å². The smallest absolute Gasteiger partial charge is 0.0794 e. The Morgan fingerprint density at radius 1 is 1.44 bits per heavy atom. The van der Waals surface area contributed by atoms with E-state index in [1.807, 2.05) is 5.51 Å². The summed E-state index contributed by atoms with van der Waals surface area (Å²) >= 11 is 1.70. The van der Waals surface area contributed by atoms with E-state index in [0.29, 0.717) is 0 Å². The highest BCUT2D eigenvalue weighted by Crippen LogP contribution is 2.16. The number of nitrogens with zero attached hydrogens (tertiary/aromatic N) is 1. The van der Waals surface area contributed by atoms with Crippen LogP contribution in [0.3, 0.4) is 0 Å². The van der Waals surface area contributed by atoms with E-state index in [4.69, 9.17) is 0 Å². The highest BCUT2D eigenvalue weighted by atomic mass is 32.1. The third-order valence-electron chi connectivity index (χ3n) is 2.65. The Morgan fingerprint density at radius 2 is 2.25 bits per heavy atom. The third kappa shape index (κ3) is 5.61. The van der Waals surface area contributed by atoms with Crippen LogP contribution in [0.1, 0.15) is 39.3 Å². The molecule has 1 atom stereocenters. The summed E-state index contributed by atoms with van der Waals surface area (Å²) in [5.74, 6) is 1.50. The van der Waals surface area contributed by atoms with Gasteiger partial charge in [0.15, 0.2) is 0 Å². The first-order chi connectivity index (χ1) is 7.72. The molecule has 0 spiro atoms. The van der Waals surface area contributed by atoms with Gasteiger partial charge in [0, 0.05) is 5.38 Å². The molecule has 0 aromatic carbocycles. The van der Waals surface area contributed by atoms with Crippen molar-refractivity contribution < 1.29 is 0 Å². The quantitative estimate of drug-likeness (QED) is 0.705. The molecule has 0 amide bonds. The molecule has 1 aromatic rings. The number of hydrogen-bond donors (Lipinski definition) is 1. The van der Waals surface area contributed by atoms with Gasteiger partial charge in [-0.25, -0.2) is 4.98 Å². The minimum Gasteiger partial charge on any atom is -0.316 e. The van der Waals surface area contributed by atoms with Gasteiger partial charge in [-0.3, -0.25) is 0 Å². The van der Waals surface area contributed by atoms with Gasteiger partial charge < -0.3 is 5.32 Å². The van der Waals surface area contributed by atoms with Crippen LogP contribution >= 0.6 is 11.3 Å². The van der Waals surface area contributed by atoms with Crippen molar-refractivity contribution in [2.45, 2.75) is 40.0 Å². The highest BCUT2D eigenvalue weighted by molar-refractivity contribution is 7.07. The number of thiazole rings is 1. The van der Waals surface area contributed by atoms with Crippen molar-refractivity contribution in [3.63, 3.8) is 0 Å². The summed E-state index contributed by atoms with van der Waals surface area (Å²) in [5.41, 5.74) is 3.19. The molecule has 1 N–H and O–H groups in total. The summed E-state index contributed by atoms with van der Waals surface area (Å²) in [4.78, 5) is 4.38. The van der Waals surface area contributed by atoms with Crippen molar-refractivity contribution in [2.75, 3.05) is 13.1 Å². The van der Waals surface area contributed by atoms with Crippen LogP contribution in [0.5, 0.6) is 0 Å². The van der Waals surface area contributed by atoms with E-state index in [0.717, 1.165) is 31.3 Å². The average molecular weight is 240 g/mol. The maximum absolute atomic E-state index is 4.38. The predicted molar refractivity (Wildman–Crippen MR) is 71.9 cm³/mol. The van der Waals surface area contributed by atoms with Crippen molar-refractivity contribution in [1.82, 2.24) is 10.3 Å². The van der Waals surface area contributed by atoms with E-state index in [9.17, 15) is 0 Å². The van der Waals surface area contributed by atoms with Crippen molar-refractivity contribution in [1.29, 1.82) is 0 Å². The van der Waals surface area contributed by atoms with E-state index in [1.165, 1.54) is 18.5 Å². The van der Waals surface area contributed by atoms with Gasteiger partial charge in [-0.05, 0) is 44.2 Å². The standard InChI is InChI=1S/C13H24N2S/c1-4-5-14-8-12(6-11(2)3)7-13-9-16-10-15-13/h9-12,14H,4-8H2,1-3H3. The minimum atomic E-state index is 0.730. The fourth-order valence-electron chi connectivity index (χ4n) is 2.02. The van der Waals surface area contributed by atoms with Gasteiger partial charge in [-0.2, -0.15) is 0 Å². The van der Waals surface area contributed by atoms with E-state index >= 15 is 0 Å². The summed E-state index contributed by atoms with van der Waals surface area (Å²) in [7, 11) is 0. The summed E-state index contributed by atoms with van der Waals surface area (Å²) in [6.07, 6.45) is 3.62. The zero-order valence-corrected chi connectivity index (χ0v) is 11.5. The number of hydrogen-bond acceptors (Lipinski definition) is 3. The fourth-order valence-corrected chi connectivity index (χ4v) is 2.59. The minimum absolute atomic E-state index is 0.730. The molecule has 0 saturated heterocycles. The van der Waals surface area contributed by atoms with Crippen molar-refractivity contribution >= 4 is 11.3 Å². The topological polar surface area (TPSA) is 24.9 Å². The van der Waals surface area contributed by atoms with E-state index in [-0.39, 0.29) is 0 Å². The van der Waals surface area contributed by atoms with Gasteiger partial charge in [0.25, 0.3) is 0 Å². The van der Waals surface area contributed by atoms with Gasteiger partial charge in [-0.1, -0.05) is 20.8 Å². The SMILES string of the molecule is CCCNCC(Cc1cscn1)CC(C)C. The lowest BCUT2D eigenvalue weighted by Crippen LogP contribution is -2.26. The maximum atomic E-state index is 4.38. The van der Waals surface area contributed by atoms with E-state index < -0.39 is 0 Å². The number of rotatable bonds is 8. The Kier molecular flexibility index (Phi) is 6.65. The highest BCUT2D eigenvalue weighted by Gasteiger charge is 2.12. The van der Waals surface area contributed by atoms with Crippen LogP contribution < -0.4 is 5.32 Å². The lowest BCUT2D eigenvalue weighted by molar-refractivity contribution is 0.383. The van der Waals surface area contributed by atoms with Crippen LogP contribution in [-0.4, -0.2) is 18.1 Å². The Hall–Kier alpha value is -0.410. The first-order valence-electron chi connectivity index (χ1n) is 6.30. The Balaban J connectivity index is 2.37. The average Bonchev–Trinajstić information content (AvgIpc) is 2.69. The van der Waals surface area contributed by atoms with Crippen molar-refractivity contribution in [3.8, 4) is 0 Å². The first-order valence-corrected chi connectivity index (χ1v) is 7.24. The third-order valence-corrected chi connectivity index (χ3v) is 3.28. The molecule has 0 radical (unpaired) electrons. The molecule has 0 bridgehead atoms. The van der Waals surface area contributed by atoms with Crippen LogP contribution in [0.25, 0.3) is 0 Å². The molecule has 0 aliphatic heterocycles. The van der Waals surface area contributed by atoms with Crippen molar-refractivity contribution in [3.05, 3.63) is 16.6 Å². The second kappa shape index (κ2) is 7.80. The molecule has 16 heavy (non-hydrogen) atoms. The van der Waals surface area contributed by atoms with Gasteiger partial charge in [0.1, 0.15) is 0 Å². The molecule has 0 fully saturated rings. The first kappa shape index (κ1) is 13.7. The fraction of sp³-hybridized carbons (Fsp3) is 0.769. The summed E-state index contributed by atoms with van der Waals surface area (Å²) in [6, 6.07) is 0. The molecule has 92 valence electrons. The summed E-state index contributed by atoms with van der Waals surface area (Å²) < 4.78 is 0. The van der Waals surface area contributed by atoms with E-state index in [2.05, 4.69) is 36.5 Å². The van der Waals surface area contributed by atoms with Crippen LogP contribution in [0.4, 0.5) is 0 Å². The zero-order valence-electron chi connectivity index (χ0n) is 10.7. The summed E-state index contributed by atoms with van der Waals surface area (Å²) in [6.45, 7) is 9.07. The van der Waals surface area contributed by atoms with Gasteiger partial charge in [-0.15, -0.1) is 11.3 Å². The van der Waals surface area contributed by atoms with Gasteiger partial charge >= 0.3 is 0 Å². The predicted octanol–water partition coefficient (Wildman–Crippen LogP) is 3.35. The monoisotopic (exact) mass is 240 g/mol. The molecule has 3 heteroatoms. The molecular weight excluding hydrogens is 216 g/mol. The molecule has 1 heterocycles. The molecule has 0 saturated carbocycles. The molecular formula is C13H24N2S. The molecule has 0 aliphatic rings. The van der Waals surface area contributed by atoms with Gasteiger partial charge in [0.05, 0.1) is 11.2 Å². The maximum Gasteiger partial charge on any atom is 0.0794 e. The molecule has 2 nitrogen and oxygen atoms in total. The van der Waals surface area contributed by atoms with Crippen LogP contribution in [0.15, 0.2) is 10.9 Å². The lowest BCUT2D eigenvalue weighted by atomic mass is 9.93. The Morgan fingerprint density at radius 3 is 2.81 bits per heavy atom. The summed E-state index contributed by atoms with van der Waals surface area (Å²) in [5, 5.41) is 5.70. The Bertz CT molecular complexity index is 257. The molecule has 0 aliphatic carbocycles. The second-order valence-electron chi connectivity index (χ2n) is 4.88. The zero-order chi connectivity index (χ0) is 11.8. The molecule has 1 unspecified atom stereocenters. The van der Waals surface area contributed by atoms with Crippen molar-refractivity contribution in [2.24, 2.45) is 11.8 Å². The molecule has 1 aromatic heterocycles. The number of nitrogens with one attached hydrogen (secondary N) is 1. The van der Waals surface area contributed by atoms with Gasteiger partial charge in [0.2, 0.25) is 0 Å². The van der Waals surface area contributed by atoms with E-state index in [1.54, 1.807) is 11.3 Å². The normalized spacial score (nSPS) is 13.2. The second-order valence-corrected chi connectivity index (χ2v) is 5.60. The van der Waals surface area contributed by atoms with Crippen LogP contribution in [0, 0.1) is 11.8 Å². The van der Waals surface area contributed by atoms with Crippen LogP contribution in [-0.2, 0) is 6.42 Å².